The summed E-state index contributed by atoms with van der Waals surface area (Å²) in [6.45, 7) is 6.10. The van der Waals surface area contributed by atoms with Crippen LogP contribution >= 0.6 is 11.6 Å². The highest BCUT2D eigenvalue weighted by Crippen LogP contribution is 2.26. The molecule has 1 saturated heterocycles. The van der Waals surface area contributed by atoms with Crippen LogP contribution in [0.2, 0.25) is 5.02 Å². The highest BCUT2D eigenvalue weighted by atomic mass is 35.5. The van der Waals surface area contributed by atoms with E-state index in [1.54, 1.807) is 0 Å². The number of nitrogens with one attached hydrogen (secondary N) is 1. The minimum absolute atomic E-state index is 0.283. The molecule has 4 nitrogen and oxygen atoms in total. The maximum absolute atomic E-state index is 7.47. The van der Waals surface area contributed by atoms with Crippen molar-refractivity contribution in [3.05, 3.63) is 29.3 Å². The summed E-state index contributed by atoms with van der Waals surface area (Å²) in [5, 5.41) is 8.29. The van der Waals surface area contributed by atoms with Crippen LogP contribution in [0, 0.1) is 5.41 Å². The number of nitrogens with two attached hydrogens (primary N) is 1. The minimum atomic E-state index is 0.283. The van der Waals surface area contributed by atoms with Gasteiger partial charge >= 0.3 is 0 Å². The van der Waals surface area contributed by atoms with E-state index in [0.717, 1.165) is 43.3 Å². The first kappa shape index (κ1) is 15.1. The lowest BCUT2D eigenvalue weighted by molar-refractivity contribution is 0.184. The lowest BCUT2D eigenvalue weighted by atomic mass is 10.1. The predicted molar refractivity (Wildman–Crippen MR) is 85.8 cm³/mol. The van der Waals surface area contributed by atoms with E-state index in [1.165, 1.54) is 0 Å². The second-order valence-electron chi connectivity index (χ2n) is 5.27. The van der Waals surface area contributed by atoms with Crippen molar-refractivity contribution in [2.24, 2.45) is 5.73 Å². The summed E-state index contributed by atoms with van der Waals surface area (Å²) < 4.78 is 0. The van der Waals surface area contributed by atoms with E-state index < -0.39 is 0 Å². The molecule has 5 heteroatoms. The van der Waals surface area contributed by atoms with Crippen LogP contribution in [0.3, 0.4) is 0 Å². The van der Waals surface area contributed by atoms with Gasteiger partial charge in [0.25, 0.3) is 0 Å². The van der Waals surface area contributed by atoms with Gasteiger partial charge in [0.05, 0.1) is 16.5 Å². The number of piperazine rings is 1. The zero-order chi connectivity index (χ0) is 14.5. The monoisotopic (exact) mass is 294 g/mol. The lowest BCUT2D eigenvalue weighted by Gasteiger charge is -2.40. The van der Waals surface area contributed by atoms with Gasteiger partial charge in [-0.05, 0) is 18.6 Å². The van der Waals surface area contributed by atoms with E-state index in [9.17, 15) is 0 Å². The molecule has 1 aromatic carbocycles. The number of nitrogens with zero attached hydrogens (tertiary/aromatic N) is 2. The Morgan fingerprint density at radius 2 is 1.95 bits per heavy atom. The number of amidine groups is 1. The van der Waals surface area contributed by atoms with Gasteiger partial charge in [0.1, 0.15) is 0 Å². The summed E-state index contributed by atoms with van der Waals surface area (Å²) in [6, 6.07) is 8.39. The van der Waals surface area contributed by atoms with Gasteiger partial charge in [-0.15, -0.1) is 0 Å². The Labute approximate surface area is 126 Å². The van der Waals surface area contributed by atoms with Crippen LogP contribution in [-0.4, -0.2) is 43.0 Å². The average molecular weight is 295 g/mol. The molecular formula is C15H23ClN4. The number of hydrogen-bond acceptors (Lipinski definition) is 3. The SMILES string of the molecule is CCC(CC(=N)N)N1CCN(c2ccccc2Cl)CC1. The van der Waals surface area contributed by atoms with Crippen molar-refractivity contribution in [2.75, 3.05) is 31.1 Å². The number of para-hydroxylation sites is 1. The maximum atomic E-state index is 7.47. The van der Waals surface area contributed by atoms with Crippen LogP contribution in [-0.2, 0) is 0 Å². The summed E-state index contributed by atoms with van der Waals surface area (Å²) in [5.74, 6) is 0.283. The summed E-state index contributed by atoms with van der Waals surface area (Å²) in [7, 11) is 0. The van der Waals surface area contributed by atoms with Crippen molar-refractivity contribution < 1.29 is 0 Å². The Bertz CT molecular complexity index is 455. The minimum Gasteiger partial charge on any atom is -0.388 e. The van der Waals surface area contributed by atoms with Crippen molar-refractivity contribution >= 4 is 23.1 Å². The zero-order valence-electron chi connectivity index (χ0n) is 12.0. The largest absolute Gasteiger partial charge is 0.388 e. The standard InChI is InChI=1S/C15H23ClN4/c1-2-12(11-15(17)18)19-7-9-20(10-8-19)14-6-4-3-5-13(14)16/h3-6,12H,2,7-11H2,1H3,(H3,17,18). The van der Waals surface area contributed by atoms with Crippen LogP contribution in [0.1, 0.15) is 19.8 Å². The van der Waals surface area contributed by atoms with Crippen LogP contribution in [0.25, 0.3) is 0 Å². The number of rotatable bonds is 5. The van der Waals surface area contributed by atoms with Gasteiger partial charge in [0, 0.05) is 38.6 Å². The number of hydrogen-bond donors (Lipinski definition) is 2. The molecule has 1 heterocycles. The molecule has 0 saturated carbocycles. The van der Waals surface area contributed by atoms with Crippen molar-refractivity contribution in [3.63, 3.8) is 0 Å². The Balaban J connectivity index is 1.95. The molecular weight excluding hydrogens is 272 g/mol. The first-order valence-electron chi connectivity index (χ1n) is 7.18. The lowest BCUT2D eigenvalue weighted by Crippen LogP contribution is -2.51. The highest BCUT2D eigenvalue weighted by Gasteiger charge is 2.24. The van der Waals surface area contributed by atoms with Gasteiger partial charge in [-0.25, -0.2) is 0 Å². The van der Waals surface area contributed by atoms with E-state index in [-0.39, 0.29) is 5.84 Å². The fraction of sp³-hybridized carbons (Fsp3) is 0.533. The molecule has 1 fully saturated rings. The molecule has 0 aliphatic carbocycles. The Morgan fingerprint density at radius 3 is 2.50 bits per heavy atom. The predicted octanol–water partition coefficient (Wildman–Crippen LogP) is 2.57. The van der Waals surface area contributed by atoms with Crippen molar-refractivity contribution in [2.45, 2.75) is 25.8 Å². The molecule has 1 aliphatic heterocycles. The molecule has 20 heavy (non-hydrogen) atoms. The topological polar surface area (TPSA) is 56.4 Å². The summed E-state index contributed by atoms with van der Waals surface area (Å²) in [4.78, 5) is 4.77. The maximum Gasteiger partial charge on any atom is 0.0921 e. The zero-order valence-corrected chi connectivity index (χ0v) is 12.7. The molecule has 0 bridgehead atoms. The Morgan fingerprint density at radius 1 is 1.30 bits per heavy atom. The smallest absolute Gasteiger partial charge is 0.0921 e. The third-order valence-electron chi connectivity index (χ3n) is 3.95. The molecule has 3 N–H and O–H groups in total. The fourth-order valence-electron chi connectivity index (χ4n) is 2.82. The Kier molecular flexibility index (Phi) is 5.26. The van der Waals surface area contributed by atoms with Crippen molar-refractivity contribution in [3.8, 4) is 0 Å². The van der Waals surface area contributed by atoms with Crippen molar-refractivity contribution in [1.82, 2.24) is 4.90 Å². The van der Waals surface area contributed by atoms with E-state index in [1.807, 2.05) is 18.2 Å². The van der Waals surface area contributed by atoms with Gasteiger partial charge in [0.2, 0.25) is 0 Å². The van der Waals surface area contributed by atoms with Gasteiger partial charge in [0.15, 0.2) is 0 Å². The third kappa shape index (κ3) is 3.64. The first-order valence-corrected chi connectivity index (χ1v) is 7.56. The van der Waals surface area contributed by atoms with Crippen molar-refractivity contribution in [1.29, 1.82) is 5.41 Å². The van der Waals surface area contributed by atoms with Crippen LogP contribution in [0.15, 0.2) is 24.3 Å². The molecule has 0 spiro atoms. The highest BCUT2D eigenvalue weighted by molar-refractivity contribution is 6.33. The van der Waals surface area contributed by atoms with Gasteiger partial charge in [-0.2, -0.15) is 0 Å². The molecule has 1 aromatic rings. The first-order chi connectivity index (χ1) is 9.61. The number of anilines is 1. The fourth-order valence-corrected chi connectivity index (χ4v) is 3.08. The molecule has 0 aromatic heterocycles. The normalized spacial score (nSPS) is 18.0. The van der Waals surface area contributed by atoms with E-state index in [2.05, 4.69) is 22.8 Å². The summed E-state index contributed by atoms with van der Waals surface area (Å²) >= 11 is 6.25. The molecule has 110 valence electrons. The second kappa shape index (κ2) is 6.95. The molecule has 1 aliphatic rings. The molecule has 0 amide bonds. The third-order valence-corrected chi connectivity index (χ3v) is 4.27. The van der Waals surface area contributed by atoms with E-state index in [4.69, 9.17) is 22.7 Å². The van der Waals surface area contributed by atoms with Gasteiger partial charge in [-0.1, -0.05) is 30.7 Å². The van der Waals surface area contributed by atoms with Gasteiger partial charge < -0.3 is 10.6 Å². The summed E-state index contributed by atoms with van der Waals surface area (Å²) in [6.07, 6.45) is 1.70. The van der Waals surface area contributed by atoms with Crippen LogP contribution in [0.4, 0.5) is 5.69 Å². The van der Waals surface area contributed by atoms with E-state index >= 15 is 0 Å². The van der Waals surface area contributed by atoms with Crippen LogP contribution in [0.5, 0.6) is 0 Å². The second-order valence-corrected chi connectivity index (χ2v) is 5.67. The Hall–Kier alpha value is -1.26. The quantitative estimate of drug-likeness (QED) is 0.648. The molecule has 1 unspecified atom stereocenters. The van der Waals surface area contributed by atoms with E-state index in [0.29, 0.717) is 12.5 Å². The molecule has 0 radical (unpaired) electrons. The average Bonchev–Trinajstić information content (AvgIpc) is 2.45. The summed E-state index contributed by atoms with van der Waals surface area (Å²) in [5.41, 5.74) is 6.66. The van der Waals surface area contributed by atoms with Crippen LogP contribution < -0.4 is 10.6 Å². The number of benzene rings is 1. The number of halogens is 1. The molecule has 1 atom stereocenters. The molecule has 2 rings (SSSR count). The van der Waals surface area contributed by atoms with Gasteiger partial charge in [-0.3, -0.25) is 10.3 Å².